The number of hydrogen-bond donors (Lipinski definition) is 2. The third-order valence-electron chi connectivity index (χ3n) is 9.24. The van der Waals surface area contributed by atoms with E-state index in [1.807, 2.05) is 48.3 Å². The number of anilines is 1. The molecule has 2 aliphatic heterocycles. The molecule has 2 aromatic carbocycles. The summed E-state index contributed by atoms with van der Waals surface area (Å²) in [5.74, 6) is -1.71. The molecule has 0 saturated carbocycles. The summed E-state index contributed by atoms with van der Waals surface area (Å²) in [6.45, 7) is 7.16. The maximum atomic E-state index is 16.3. The molecule has 7 rings (SSSR count). The summed E-state index contributed by atoms with van der Waals surface area (Å²) in [6.07, 6.45) is 8.05. The number of ether oxygens (including phenoxy) is 2. The molecule has 1 amide bonds. The van der Waals surface area contributed by atoms with Crippen LogP contribution in [0, 0.1) is 17.0 Å². The predicted molar refractivity (Wildman–Crippen MR) is 193 cm³/mol. The fourth-order valence-electron chi connectivity index (χ4n) is 6.80. The molecule has 0 aliphatic carbocycles. The largest absolute Gasteiger partial charge is 0.490 e. The molecule has 2 N–H and O–H groups in total. The van der Waals surface area contributed by atoms with E-state index in [1.54, 1.807) is 4.90 Å². The van der Waals surface area contributed by atoms with E-state index in [0.717, 1.165) is 45.1 Å². The Bertz CT molecular complexity index is 2170. The molecule has 2 aliphatic rings. The fraction of sp³-hybridized carbons (Fsp3) is 0.263. The third-order valence-corrected chi connectivity index (χ3v) is 10.2. The Morgan fingerprint density at radius 1 is 1.12 bits per heavy atom. The van der Waals surface area contributed by atoms with E-state index in [0.29, 0.717) is 54.3 Å². The number of hydrogen-bond acceptors (Lipinski definition) is 8. The van der Waals surface area contributed by atoms with Crippen molar-refractivity contribution in [3.63, 3.8) is 0 Å². The van der Waals surface area contributed by atoms with Gasteiger partial charge in [0.05, 0.1) is 42.8 Å². The minimum atomic E-state index is -0.794. The Labute approximate surface area is 292 Å². The van der Waals surface area contributed by atoms with Crippen LogP contribution in [0.3, 0.4) is 0 Å². The average Bonchev–Trinajstić information content (AvgIpc) is 3.78. The Morgan fingerprint density at radius 3 is 2.78 bits per heavy atom. The standard InChI is InChI=1S/C38H36F2N6O3S/c1-4-33(47)45-10-11-46-31(22(45)2)20-30(44-46)37-35-34-28(40)18-25(39)19-32(34)49-14-13-48-12-7-5-6-8-23-17-29(42-3)24(21-41)16-27(23)36(43-37)26-9-15-50-38(26)35/h4-5,7,9,15-22,41-42H,1,6,8,10-14H2,2-3H3/b7-5+,41-21?. The summed E-state index contributed by atoms with van der Waals surface area (Å²) in [6, 6.07) is 9.60. The topological polar surface area (TPSA) is 105 Å². The molecular weight excluding hydrogens is 659 g/mol. The van der Waals surface area contributed by atoms with Crippen molar-refractivity contribution in [1.29, 1.82) is 5.41 Å². The maximum absolute atomic E-state index is 16.3. The molecule has 1 unspecified atom stereocenters. The lowest BCUT2D eigenvalue weighted by molar-refractivity contribution is -0.129. The number of carbonyl (C=O) groups is 1. The minimum Gasteiger partial charge on any atom is -0.490 e. The highest BCUT2D eigenvalue weighted by molar-refractivity contribution is 7.18. The number of aryl methyl sites for hydroxylation is 1. The number of fused-ring (bicyclic) bond motifs is 5. The van der Waals surface area contributed by atoms with Gasteiger partial charge in [0.1, 0.15) is 35.4 Å². The van der Waals surface area contributed by atoms with Crippen LogP contribution in [0.4, 0.5) is 14.5 Å². The molecule has 3 aromatic heterocycles. The summed E-state index contributed by atoms with van der Waals surface area (Å²) in [7, 11) is 1.83. The van der Waals surface area contributed by atoms with Gasteiger partial charge in [-0.25, -0.2) is 13.8 Å². The van der Waals surface area contributed by atoms with E-state index in [9.17, 15) is 9.18 Å². The van der Waals surface area contributed by atoms with Crippen LogP contribution in [-0.2, 0) is 22.5 Å². The van der Waals surface area contributed by atoms with Crippen LogP contribution in [0.25, 0.3) is 43.9 Å². The van der Waals surface area contributed by atoms with Gasteiger partial charge in [-0.3, -0.25) is 9.48 Å². The SMILES string of the molecule is C=CC(=O)N1CCn2nc(-c3nc4c5ccsc5c3-c3c(F)cc(F)cc3OCCOC/C=C/CCc3cc(NC)c(C=N)cc3-4)cc2C1C. The summed E-state index contributed by atoms with van der Waals surface area (Å²) < 4.78 is 45.5. The summed E-state index contributed by atoms with van der Waals surface area (Å²) in [5, 5.41) is 19.1. The first kappa shape index (κ1) is 33.3. The van der Waals surface area contributed by atoms with E-state index >= 15 is 4.39 Å². The van der Waals surface area contributed by atoms with Gasteiger partial charge >= 0.3 is 0 Å². The van der Waals surface area contributed by atoms with Crippen LogP contribution in [-0.4, -0.2) is 65.2 Å². The monoisotopic (exact) mass is 694 g/mol. The molecule has 256 valence electrons. The predicted octanol–water partition coefficient (Wildman–Crippen LogP) is 7.80. The second kappa shape index (κ2) is 14.0. The number of nitrogens with one attached hydrogen (secondary N) is 2. The number of rotatable bonds is 4. The Balaban J connectivity index is 1.55. The zero-order valence-corrected chi connectivity index (χ0v) is 28.6. The van der Waals surface area contributed by atoms with Crippen LogP contribution in [0.15, 0.2) is 66.6 Å². The lowest BCUT2D eigenvalue weighted by Crippen LogP contribution is -2.40. The fourth-order valence-corrected chi connectivity index (χ4v) is 7.75. The van der Waals surface area contributed by atoms with Gasteiger partial charge in [-0.1, -0.05) is 18.7 Å². The van der Waals surface area contributed by atoms with Crippen molar-refractivity contribution >= 4 is 39.2 Å². The zero-order valence-electron chi connectivity index (χ0n) is 27.8. The molecule has 9 nitrogen and oxygen atoms in total. The van der Waals surface area contributed by atoms with Crippen molar-refractivity contribution in [2.24, 2.45) is 0 Å². The molecular formula is C38H36F2N6O3S. The third kappa shape index (κ3) is 5.98. The van der Waals surface area contributed by atoms with Crippen LogP contribution >= 0.6 is 11.3 Å². The Kier molecular flexibility index (Phi) is 9.30. The van der Waals surface area contributed by atoms with E-state index in [-0.39, 0.29) is 36.5 Å². The molecule has 1 atom stereocenters. The highest BCUT2D eigenvalue weighted by Crippen LogP contribution is 2.48. The molecule has 2 bridgehead atoms. The van der Waals surface area contributed by atoms with Crippen LogP contribution in [0.1, 0.15) is 36.2 Å². The molecule has 50 heavy (non-hydrogen) atoms. The average molecular weight is 695 g/mol. The number of thiophene rings is 1. The van der Waals surface area contributed by atoms with Gasteiger partial charge in [0.25, 0.3) is 0 Å². The number of pyridine rings is 1. The van der Waals surface area contributed by atoms with Gasteiger partial charge in [0.15, 0.2) is 0 Å². The summed E-state index contributed by atoms with van der Waals surface area (Å²) in [5.41, 5.74) is 6.19. The van der Waals surface area contributed by atoms with Crippen molar-refractivity contribution in [1.82, 2.24) is 19.7 Å². The van der Waals surface area contributed by atoms with Crippen molar-refractivity contribution in [2.75, 3.05) is 38.7 Å². The second-order valence-electron chi connectivity index (χ2n) is 12.1. The Morgan fingerprint density at radius 2 is 1.98 bits per heavy atom. The molecule has 0 spiro atoms. The van der Waals surface area contributed by atoms with E-state index < -0.39 is 11.6 Å². The van der Waals surface area contributed by atoms with Gasteiger partial charge in [-0.15, -0.1) is 11.3 Å². The molecule has 0 fully saturated rings. The van der Waals surface area contributed by atoms with Crippen molar-refractivity contribution < 1.29 is 23.0 Å². The molecule has 0 saturated heterocycles. The van der Waals surface area contributed by atoms with Gasteiger partial charge in [-0.2, -0.15) is 5.10 Å². The minimum absolute atomic E-state index is 0.0294. The molecule has 0 radical (unpaired) electrons. The number of nitrogens with zero attached hydrogens (tertiary/aromatic N) is 4. The van der Waals surface area contributed by atoms with Gasteiger partial charge in [-0.05, 0) is 61.1 Å². The maximum Gasteiger partial charge on any atom is 0.246 e. The van der Waals surface area contributed by atoms with E-state index in [2.05, 4.69) is 24.0 Å². The highest BCUT2D eigenvalue weighted by Gasteiger charge is 2.32. The molecule has 5 heterocycles. The van der Waals surface area contributed by atoms with Crippen molar-refractivity contribution in [2.45, 2.75) is 32.4 Å². The first-order valence-electron chi connectivity index (χ1n) is 16.5. The van der Waals surface area contributed by atoms with E-state index in [4.69, 9.17) is 25.0 Å². The quantitative estimate of drug-likeness (QED) is 0.113. The lowest BCUT2D eigenvalue weighted by Gasteiger charge is -2.33. The number of carbonyl (C=O) groups excluding carboxylic acids is 1. The zero-order chi connectivity index (χ0) is 34.9. The van der Waals surface area contributed by atoms with Gasteiger partial charge in [0.2, 0.25) is 5.91 Å². The number of benzene rings is 2. The summed E-state index contributed by atoms with van der Waals surface area (Å²) in [4.78, 5) is 19.7. The molecule has 5 aromatic rings. The van der Waals surface area contributed by atoms with Crippen LogP contribution < -0.4 is 10.1 Å². The smallest absolute Gasteiger partial charge is 0.246 e. The Hall–Kier alpha value is -5.20. The van der Waals surface area contributed by atoms with E-state index in [1.165, 1.54) is 29.7 Å². The number of halogens is 2. The first-order chi connectivity index (χ1) is 24.3. The number of allylic oxidation sites excluding steroid dienone is 1. The normalized spacial score (nSPS) is 16.9. The second-order valence-corrected chi connectivity index (χ2v) is 13.0. The number of aromatic nitrogens is 3. The highest BCUT2D eigenvalue weighted by atomic mass is 32.1. The van der Waals surface area contributed by atoms with Crippen LogP contribution in [0.2, 0.25) is 0 Å². The van der Waals surface area contributed by atoms with Crippen molar-refractivity contribution in [3.05, 3.63) is 95.0 Å². The van der Waals surface area contributed by atoms with Crippen molar-refractivity contribution in [3.8, 4) is 39.5 Å². The lowest BCUT2D eigenvalue weighted by atomic mass is 9.92. The summed E-state index contributed by atoms with van der Waals surface area (Å²) >= 11 is 1.42. The number of amides is 1. The first-order valence-corrected chi connectivity index (χ1v) is 17.3. The van der Waals surface area contributed by atoms with Gasteiger partial charge < -0.3 is 25.1 Å². The van der Waals surface area contributed by atoms with Gasteiger partial charge in [0, 0.05) is 64.4 Å². The van der Waals surface area contributed by atoms with Crippen LogP contribution in [0.5, 0.6) is 5.75 Å². The molecule has 12 heteroatoms.